The van der Waals surface area contributed by atoms with Gasteiger partial charge in [0.05, 0.1) is 6.57 Å². The Bertz CT molecular complexity index is 1900. The third kappa shape index (κ3) is 11.2. The molecule has 7 N–H and O–H groups in total. The molecule has 0 saturated carbocycles. The maximum absolute atomic E-state index is 12.6. The molecule has 4 rings (SSSR count). The zero-order chi connectivity index (χ0) is 39.3. The van der Waals surface area contributed by atoms with Crippen LogP contribution >= 0.6 is 20.8 Å². The predicted molar refractivity (Wildman–Crippen MR) is 190 cm³/mol. The van der Waals surface area contributed by atoms with Crippen LogP contribution in [0.1, 0.15) is 40.2 Å². The first kappa shape index (κ1) is 44.8. The maximum atomic E-state index is 12.6. The number of ether oxygens (including phenoxy) is 4. The summed E-state index contributed by atoms with van der Waals surface area (Å²) >= 11 is 10.1. The zero-order valence-electron chi connectivity index (χ0n) is 28.8. The van der Waals surface area contributed by atoms with Crippen LogP contribution in [0.4, 0.5) is 0 Å². The van der Waals surface area contributed by atoms with Crippen LogP contribution in [0, 0.1) is 0 Å². The van der Waals surface area contributed by atoms with Crippen molar-refractivity contribution in [2.45, 2.75) is 88.1 Å². The fourth-order valence-electron chi connectivity index (χ4n) is 5.02. The van der Waals surface area contributed by atoms with E-state index in [1.165, 1.54) is 37.2 Å². The van der Waals surface area contributed by atoms with Gasteiger partial charge in [-0.1, -0.05) is 39.5 Å². The zero-order valence-corrected chi connectivity index (χ0v) is 33.1. The molecule has 0 radical (unpaired) electrons. The average molecular weight is 837 g/mol. The van der Waals surface area contributed by atoms with Crippen LogP contribution in [0.3, 0.4) is 0 Å². The van der Waals surface area contributed by atoms with Crippen LogP contribution in [-0.4, -0.2) is 104 Å². The number of hydrogen-bond donors (Lipinski definition) is 6. The molecule has 0 aromatic carbocycles. The van der Waals surface area contributed by atoms with Crippen molar-refractivity contribution in [1.82, 2.24) is 24.2 Å². The highest BCUT2D eigenvalue weighted by molar-refractivity contribution is 8.34. The number of nitrogens with two attached hydrogens (primary N) is 1. The third-order valence-corrected chi connectivity index (χ3v) is 15.1. The van der Waals surface area contributed by atoms with E-state index < -0.39 is 105 Å². The van der Waals surface area contributed by atoms with Gasteiger partial charge in [0.15, 0.2) is 12.5 Å². The highest BCUT2D eigenvalue weighted by Gasteiger charge is 2.49. The largest absolute Gasteiger partial charge is 0.800 e. The second-order valence-corrected chi connectivity index (χ2v) is 21.2. The van der Waals surface area contributed by atoms with Gasteiger partial charge in [0.1, 0.15) is 36.6 Å². The van der Waals surface area contributed by atoms with E-state index in [4.69, 9.17) is 67.6 Å². The van der Waals surface area contributed by atoms with Gasteiger partial charge in [-0.25, -0.2) is 19.2 Å². The molecular weight excluding hydrogens is 793 g/mol. The van der Waals surface area contributed by atoms with E-state index in [-0.39, 0.29) is 12.2 Å². The molecule has 2 fully saturated rings. The van der Waals surface area contributed by atoms with E-state index in [2.05, 4.69) is 9.97 Å². The lowest BCUT2D eigenvalue weighted by atomic mass is 10.1. The Morgan fingerprint density at radius 3 is 1.69 bits per heavy atom. The molecule has 26 heteroatoms. The van der Waals surface area contributed by atoms with Crippen molar-refractivity contribution < 1.29 is 51.8 Å². The number of nitrogens with zero attached hydrogens (tertiary/aromatic N) is 2. The Hall–Kier alpha value is -1.62. The summed E-state index contributed by atoms with van der Waals surface area (Å²) in [5, 5.41) is 1.99. The monoisotopic (exact) mass is 836 g/mol. The molecule has 2 aliphatic heterocycles. The van der Waals surface area contributed by atoms with Gasteiger partial charge in [-0.2, -0.15) is 0 Å². The van der Waals surface area contributed by atoms with Crippen LogP contribution in [0.2, 0.25) is 0 Å². The summed E-state index contributed by atoms with van der Waals surface area (Å²) in [5.41, 5.74) is 2.25. The summed E-state index contributed by atoms with van der Waals surface area (Å²) in [6.07, 6.45) is -4.91. The molecule has 2 aromatic heterocycles. The quantitative estimate of drug-likeness (QED) is 0.0935. The standard InChI is InChI=1S/C13H23N3O9P2S.C13H22N3O6PS/c1-7(2)26(19,28)25-10-8(6-14-27(20,21)22)24-12(11(10)23-3)16-5-4-9(17)15-13(16)18;1-7(2)23(19,24)22-10-8(6-14)21-12(11(10)20-3)16-5-4-9(17)15-13(16)18/h4-5,7-8,10-12H,6H2,1-3H3,(H,19,28)(H,15,17,18)(H3,14,20,21,22);4-5,7-8,10-12H,6,14H2,1-3H3,(H,19,24)(H,15,17,18)/p-2/t8-,10+,11?,12-,26?;8-,10+,11?,12-,23?/m11/s1. The Labute approximate surface area is 307 Å². The fraction of sp³-hybridized carbons (Fsp3) is 0.692. The lowest BCUT2D eigenvalue weighted by Gasteiger charge is -2.37. The summed E-state index contributed by atoms with van der Waals surface area (Å²) in [5.74, 6) is 0. The molecule has 4 heterocycles. The SMILES string of the molecule is COC1[C@@H](OP(=O)([S-])C(C)C)[C@@H](CNP(=O)(O)O)O[C@H]1n1ccc(=O)[nH]c1=O.COC1[C@@H](OP([O-])(=S)C(C)C)[C@@H](CN)O[C@H]1n1ccc(=O)[nH]c1=O. The van der Waals surface area contributed by atoms with Crippen molar-refractivity contribution in [2.24, 2.45) is 5.73 Å². The first-order chi connectivity index (χ1) is 24.1. The van der Waals surface area contributed by atoms with Gasteiger partial charge in [-0.15, -0.1) is 0 Å². The average Bonchev–Trinajstić information content (AvgIpc) is 3.55. The fourth-order valence-corrected chi connectivity index (χ4v) is 7.71. The minimum Gasteiger partial charge on any atom is -0.800 e. The summed E-state index contributed by atoms with van der Waals surface area (Å²) < 4.78 is 59.5. The van der Waals surface area contributed by atoms with E-state index in [9.17, 15) is 33.2 Å². The number of rotatable bonds is 14. The van der Waals surface area contributed by atoms with Gasteiger partial charge in [0.2, 0.25) is 0 Å². The lowest BCUT2D eigenvalue weighted by Crippen LogP contribution is -2.41. The van der Waals surface area contributed by atoms with Gasteiger partial charge >= 0.3 is 19.1 Å². The summed E-state index contributed by atoms with van der Waals surface area (Å²) in [7, 11) is -1.87. The first-order valence-electron chi connectivity index (χ1n) is 15.5. The van der Waals surface area contributed by atoms with Crippen molar-refractivity contribution in [3.05, 3.63) is 66.2 Å². The van der Waals surface area contributed by atoms with Gasteiger partial charge in [-0.05, 0) is 12.2 Å². The van der Waals surface area contributed by atoms with Crippen molar-refractivity contribution >= 4 is 44.9 Å². The van der Waals surface area contributed by atoms with Crippen LogP contribution in [0.5, 0.6) is 0 Å². The van der Waals surface area contributed by atoms with Crippen molar-refractivity contribution in [1.29, 1.82) is 0 Å². The van der Waals surface area contributed by atoms with E-state index in [0.717, 1.165) is 10.6 Å². The molecule has 0 aliphatic carbocycles. The van der Waals surface area contributed by atoms with Gasteiger partial charge in [0.25, 0.3) is 11.1 Å². The smallest absolute Gasteiger partial charge is 0.400 e. The second kappa shape index (κ2) is 18.3. The van der Waals surface area contributed by atoms with Crippen molar-refractivity contribution in [2.75, 3.05) is 27.3 Å². The van der Waals surface area contributed by atoms with E-state index >= 15 is 0 Å². The normalized spacial score (nSPS) is 28.7. The molecule has 4 unspecified atom stereocenters. The molecule has 2 aromatic rings. The molecule has 0 amide bonds. The molecule has 2 saturated heterocycles. The van der Waals surface area contributed by atoms with Gasteiger partial charge in [0, 0.05) is 57.5 Å². The van der Waals surface area contributed by atoms with E-state index in [1.54, 1.807) is 27.7 Å². The maximum Gasteiger partial charge on any atom is 0.400 e. The Kier molecular flexibility index (Phi) is 15.8. The molecule has 0 bridgehead atoms. The molecule has 52 heavy (non-hydrogen) atoms. The van der Waals surface area contributed by atoms with Crippen LogP contribution in [0.25, 0.3) is 0 Å². The number of aromatic nitrogens is 4. The van der Waals surface area contributed by atoms with Crippen molar-refractivity contribution in [3.8, 4) is 0 Å². The first-order valence-corrected chi connectivity index (χ1v) is 22.6. The summed E-state index contributed by atoms with van der Waals surface area (Å²) in [4.78, 5) is 81.5. The molecule has 21 nitrogen and oxygen atoms in total. The second-order valence-electron chi connectivity index (χ2n) is 12.1. The minimum absolute atomic E-state index is 0.0621. The summed E-state index contributed by atoms with van der Waals surface area (Å²) in [6.45, 7) is -0.586. The van der Waals surface area contributed by atoms with Gasteiger partial charge in [-0.3, -0.25) is 28.7 Å². The minimum atomic E-state index is -4.59. The lowest BCUT2D eigenvalue weighted by molar-refractivity contribution is -0.192. The van der Waals surface area contributed by atoms with Crippen LogP contribution in [-0.2, 0) is 61.2 Å². The Morgan fingerprint density at radius 1 is 0.885 bits per heavy atom. The number of H-pyrrole nitrogens is 2. The topological polar surface area (TPSA) is 301 Å². The Balaban J connectivity index is 0.000000284. The van der Waals surface area contributed by atoms with Gasteiger partial charge < -0.3 is 65.2 Å². The number of hydrogen-bond acceptors (Lipinski definition) is 16. The van der Waals surface area contributed by atoms with Crippen LogP contribution < -0.4 is 38.2 Å². The third-order valence-electron chi connectivity index (χ3n) is 7.90. The number of nitrogens with one attached hydrogen (secondary N) is 3. The molecule has 2 aliphatic rings. The number of methoxy groups -OCH3 is 2. The Morgan fingerprint density at radius 2 is 1.33 bits per heavy atom. The summed E-state index contributed by atoms with van der Waals surface area (Å²) in [6, 6.07) is 2.29. The number of aromatic amines is 2. The van der Waals surface area contributed by atoms with Crippen LogP contribution in [0.15, 0.2) is 43.7 Å². The highest BCUT2D eigenvalue weighted by Crippen LogP contribution is 2.53. The highest BCUT2D eigenvalue weighted by atomic mass is 32.7. The predicted octanol–water partition coefficient (Wildman–Crippen LogP) is -1.46. The van der Waals surface area contributed by atoms with E-state index in [0.29, 0.717) is 0 Å². The molecule has 0 spiro atoms. The molecule has 296 valence electrons. The molecular formula is C26H43N6O15P3S2-2. The van der Waals surface area contributed by atoms with Crippen molar-refractivity contribution in [3.63, 3.8) is 0 Å². The van der Waals surface area contributed by atoms with E-state index in [1.807, 2.05) is 5.09 Å². The molecule has 10 atom stereocenters.